The molecule has 0 aromatic carbocycles. The van der Waals surface area contributed by atoms with Gasteiger partial charge in [0.25, 0.3) is 0 Å². The zero-order valence-corrected chi connectivity index (χ0v) is 12.0. The molecular weight excluding hydrogens is 260 g/mol. The molecule has 0 fully saturated rings. The van der Waals surface area contributed by atoms with Crippen molar-refractivity contribution in [2.75, 3.05) is 6.61 Å². The van der Waals surface area contributed by atoms with Crippen LogP contribution in [0.4, 0.5) is 0 Å². The number of hydrogen-bond acceptors (Lipinski definition) is 6. The van der Waals surface area contributed by atoms with Crippen molar-refractivity contribution in [1.29, 1.82) is 0 Å². The summed E-state index contributed by atoms with van der Waals surface area (Å²) >= 11 is 0. The van der Waals surface area contributed by atoms with Crippen molar-refractivity contribution in [1.82, 2.24) is 0 Å². The van der Waals surface area contributed by atoms with Crippen molar-refractivity contribution < 1.29 is 9.68 Å². The van der Waals surface area contributed by atoms with E-state index in [-0.39, 0.29) is 12.5 Å². The van der Waals surface area contributed by atoms with E-state index >= 15 is 0 Å². The van der Waals surface area contributed by atoms with E-state index in [0.717, 1.165) is 12.0 Å². The molecule has 3 unspecified atom stereocenters. The van der Waals surface area contributed by atoms with Gasteiger partial charge in [-0.25, -0.2) is 0 Å². The molecule has 6 heteroatoms. The molecule has 20 heavy (non-hydrogen) atoms. The fourth-order valence-corrected chi connectivity index (χ4v) is 1.63. The predicted molar refractivity (Wildman–Crippen MR) is 78.5 cm³/mol. The number of allylic oxidation sites excluding steroid dienone is 1. The zero-order valence-electron chi connectivity index (χ0n) is 12.0. The normalized spacial score (nSPS) is 15.1. The molecule has 3 atom stereocenters. The van der Waals surface area contributed by atoms with Gasteiger partial charge in [0, 0.05) is 12.3 Å². The lowest BCUT2D eigenvalue weighted by molar-refractivity contribution is 0.0894. The highest BCUT2D eigenvalue weighted by Gasteiger charge is 2.14. The average molecular weight is 282 g/mol. The Hall–Kier alpha value is -1.98. The minimum atomic E-state index is -0.486. The maximum Gasteiger partial charge on any atom is 0.155 e. The van der Waals surface area contributed by atoms with E-state index in [0.29, 0.717) is 12.3 Å². The zero-order chi connectivity index (χ0) is 15.4. The molecule has 112 valence electrons. The van der Waals surface area contributed by atoms with Crippen molar-refractivity contribution >= 4 is 0 Å². The molecule has 0 N–H and O–H groups in total. The molecule has 0 saturated carbocycles. The molecule has 0 aliphatic heterocycles. The first kappa shape index (κ1) is 18.0. The Morgan fingerprint density at radius 2 is 2.05 bits per heavy atom. The highest BCUT2D eigenvalue weighted by molar-refractivity contribution is 5.17. The maximum absolute atomic E-state index is 10.0. The second-order valence-corrected chi connectivity index (χ2v) is 4.60. The van der Waals surface area contributed by atoms with Crippen molar-refractivity contribution in [3.8, 4) is 0 Å². The highest BCUT2D eigenvalue weighted by atomic mass is 16.7. The van der Waals surface area contributed by atoms with Gasteiger partial charge in [0.1, 0.15) is 6.61 Å². The molecule has 0 bridgehead atoms. The Kier molecular flexibility index (Phi) is 9.82. The molecule has 0 aromatic rings. The first-order chi connectivity index (χ1) is 9.58. The average Bonchev–Trinajstić information content (AvgIpc) is 2.46. The lowest BCUT2D eigenvalue weighted by atomic mass is 9.91. The summed E-state index contributed by atoms with van der Waals surface area (Å²) in [7, 11) is 0. The van der Waals surface area contributed by atoms with Crippen LogP contribution < -0.4 is 0 Å². The fourth-order valence-electron chi connectivity index (χ4n) is 1.63. The van der Waals surface area contributed by atoms with Crippen LogP contribution in [0.3, 0.4) is 0 Å². The van der Waals surface area contributed by atoms with Crippen molar-refractivity contribution in [3.05, 3.63) is 46.8 Å². The summed E-state index contributed by atoms with van der Waals surface area (Å²) in [4.78, 5) is 29.2. The predicted octanol–water partition coefficient (Wildman–Crippen LogP) is 4.10. The maximum atomic E-state index is 10.0. The third-order valence-corrected chi connectivity index (χ3v) is 3.18. The monoisotopic (exact) mass is 282 g/mol. The lowest BCUT2D eigenvalue weighted by Gasteiger charge is -2.17. The molecule has 0 saturated heterocycles. The van der Waals surface area contributed by atoms with Gasteiger partial charge < -0.3 is 9.68 Å². The second kappa shape index (κ2) is 10.9. The Morgan fingerprint density at radius 1 is 1.35 bits per heavy atom. The van der Waals surface area contributed by atoms with E-state index in [2.05, 4.69) is 47.4 Å². The summed E-state index contributed by atoms with van der Waals surface area (Å²) in [5, 5.41) is 4.80. The van der Waals surface area contributed by atoms with Gasteiger partial charge in [-0.15, -0.1) is 9.81 Å². The smallest absolute Gasteiger partial charge is 0.155 e. The molecule has 0 aliphatic rings. The van der Waals surface area contributed by atoms with Gasteiger partial charge >= 0.3 is 0 Å². The Bertz CT molecular complexity index is 355. The van der Waals surface area contributed by atoms with Gasteiger partial charge in [-0.05, 0) is 12.0 Å². The van der Waals surface area contributed by atoms with Crippen molar-refractivity contribution in [3.63, 3.8) is 0 Å². The SMILES string of the molecule is C=CC(CC(=C)C=CC(CON=O)C(C)CC)ON=O. The van der Waals surface area contributed by atoms with Crippen LogP contribution in [0.2, 0.25) is 0 Å². The minimum Gasteiger partial charge on any atom is -0.363 e. The van der Waals surface area contributed by atoms with E-state index in [1.807, 2.05) is 12.2 Å². The minimum absolute atomic E-state index is 0.0711. The van der Waals surface area contributed by atoms with Crippen molar-refractivity contribution in [2.24, 2.45) is 22.5 Å². The van der Waals surface area contributed by atoms with Gasteiger partial charge in [-0.3, -0.25) is 0 Å². The standard InChI is InChI=1S/C14H22N2O4/c1-5-12(4)13(10-19-15-17)8-7-11(3)9-14(6-2)20-16-18/h6-8,12-14H,2-3,5,9-10H2,1,4H3. The van der Waals surface area contributed by atoms with Crippen LogP contribution in [0.1, 0.15) is 26.7 Å². The molecule has 0 amide bonds. The first-order valence-electron chi connectivity index (χ1n) is 6.50. The number of nitrogens with zero attached hydrogens (tertiary/aromatic N) is 2. The number of hydrogen-bond donors (Lipinski definition) is 0. The van der Waals surface area contributed by atoms with E-state index in [1.54, 1.807) is 0 Å². The Labute approximate surface area is 119 Å². The molecular formula is C14H22N2O4. The van der Waals surface area contributed by atoms with Gasteiger partial charge in [0.05, 0.1) is 0 Å². The van der Waals surface area contributed by atoms with Crippen LogP contribution >= 0.6 is 0 Å². The molecule has 0 radical (unpaired) electrons. The number of rotatable bonds is 12. The third-order valence-electron chi connectivity index (χ3n) is 3.18. The molecule has 0 heterocycles. The fraction of sp³-hybridized carbons (Fsp3) is 0.571. The Morgan fingerprint density at radius 3 is 2.55 bits per heavy atom. The molecule has 6 nitrogen and oxygen atoms in total. The van der Waals surface area contributed by atoms with Crippen molar-refractivity contribution in [2.45, 2.75) is 32.8 Å². The molecule has 0 aliphatic carbocycles. The first-order valence-corrected chi connectivity index (χ1v) is 6.50. The molecule has 0 spiro atoms. The summed E-state index contributed by atoms with van der Waals surface area (Å²) in [6, 6.07) is 0. The van der Waals surface area contributed by atoms with E-state index in [4.69, 9.17) is 0 Å². The summed E-state index contributed by atoms with van der Waals surface area (Å²) < 4.78 is 0. The van der Waals surface area contributed by atoms with Crippen LogP contribution in [0.15, 0.2) is 47.6 Å². The van der Waals surface area contributed by atoms with Gasteiger partial charge in [-0.1, -0.05) is 51.2 Å². The Balaban J connectivity index is 4.51. The van der Waals surface area contributed by atoms with E-state index in [1.165, 1.54) is 6.08 Å². The van der Waals surface area contributed by atoms with Gasteiger partial charge in [0.2, 0.25) is 0 Å². The van der Waals surface area contributed by atoms with E-state index in [9.17, 15) is 9.81 Å². The largest absolute Gasteiger partial charge is 0.363 e. The topological polar surface area (TPSA) is 77.3 Å². The van der Waals surface area contributed by atoms with Crippen LogP contribution in [-0.2, 0) is 9.68 Å². The van der Waals surface area contributed by atoms with Gasteiger partial charge in [0.15, 0.2) is 16.8 Å². The van der Waals surface area contributed by atoms with Gasteiger partial charge in [-0.2, -0.15) is 0 Å². The van der Waals surface area contributed by atoms with E-state index < -0.39 is 6.10 Å². The molecule has 0 rings (SSSR count). The summed E-state index contributed by atoms with van der Waals surface area (Å²) in [5.41, 5.74) is 0.769. The molecule has 0 aromatic heterocycles. The van der Waals surface area contributed by atoms with Crippen LogP contribution in [-0.4, -0.2) is 12.7 Å². The quantitative estimate of drug-likeness (QED) is 0.234. The summed E-state index contributed by atoms with van der Waals surface area (Å²) in [6.45, 7) is 11.8. The van der Waals surface area contributed by atoms with Crippen LogP contribution in [0.5, 0.6) is 0 Å². The second-order valence-electron chi connectivity index (χ2n) is 4.60. The highest BCUT2D eigenvalue weighted by Crippen LogP contribution is 2.19. The lowest BCUT2D eigenvalue weighted by Crippen LogP contribution is -2.14. The summed E-state index contributed by atoms with van der Waals surface area (Å²) in [6.07, 6.45) is 6.14. The summed E-state index contributed by atoms with van der Waals surface area (Å²) in [5.74, 6) is 0.422. The van der Waals surface area contributed by atoms with Crippen LogP contribution in [0.25, 0.3) is 0 Å². The third kappa shape index (κ3) is 7.45. The van der Waals surface area contributed by atoms with Crippen LogP contribution in [0, 0.1) is 21.6 Å².